The summed E-state index contributed by atoms with van der Waals surface area (Å²) in [6.07, 6.45) is 0. The van der Waals surface area contributed by atoms with Crippen LogP contribution in [0.2, 0.25) is 0 Å². The molecule has 8 aromatic carbocycles. The van der Waals surface area contributed by atoms with Crippen molar-refractivity contribution in [2.24, 2.45) is 0 Å². The predicted octanol–water partition coefficient (Wildman–Crippen LogP) is 9.76. The molecule has 156 valence electrons. The van der Waals surface area contributed by atoms with Gasteiger partial charge in [0, 0.05) is 0 Å². The monoisotopic (exact) mass is 428 g/mol. The highest BCUT2D eigenvalue weighted by Crippen LogP contribution is 2.38. The van der Waals surface area contributed by atoms with Gasteiger partial charge in [0.25, 0.3) is 0 Å². The molecule has 0 radical (unpaired) electrons. The molecule has 0 nitrogen and oxygen atoms in total. The molecule has 0 saturated carbocycles. The van der Waals surface area contributed by atoms with Crippen LogP contribution in [0, 0.1) is 0 Å². The van der Waals surface area contributed by atoms with Gasteiger partial charge in [0.15, 0.2) is 0 Å². The molecule has 0 heterocycles. The maximum atomic E-state index is 2.35. The van der Waals surface area contributed by atoms with Gasteiger partial charge in [-0.1, -0.05) is 97.1 Å². The van der Waals surface area contributed by atoms with Crippen LogP contribution >= 0.6 is 0 Å². The second-order valence-corrected chi connectivity index (χ2v) is 9.39. The molecule has 0 spiro atoms. The van der Waals surface area contributed by atoms with Gasteiger partial charge in [-0.2, -0.15) is 0 Å². The zero-order chi connectivity index (χ0) is 22.2. The first-order valence-electron chi connectivity index (χ1n) is 11.9. The Labute approximate surface area is 196 Å². The van der Waals surface area contributed by atoms with Crippen molar-refractivity contribution in [2.75, 3.05) is 0 Å². The second-order valence-electron chi connectivity index (χ2n) is 9.39. The molecule has 8 aromatic rings. The summed E-state index contributed by atoms with van der Waals surface area (Å²) in [5.41, 5.74) is 0. The number of rotatable bonds is 0. The fourth-order valence-corrected chi connectivity index (χ4v) is 5.89. The first-order chi connectivity index (χ1) is 16.8. The van der Waals surface area contributed by atoms with Crippen molar-refractivity contribution >= 4 is 75.4 Å². The van der Waals surface area contributed by atoms with Gasteiger partial charge in [0.1, 0.15) is 0 Å². The van der Waals surface area contributed by atoms with Gasteiger partial charge in [-0.05, 0) is 99.7 Å². The summed E-state index contributed by atoms with van der Waals surface area (Å²) in [5.74, 6) is 0. The Morgan fingerprint density at radius 3 is 0.882 bits per heavy atom. The van der Waals surface area contributed by atoms with Crippen LogP contribution in [0.15, 0.2) is 121 Å². The largest absolute Gasteiger partial charge is 0.0616 e. The summed E-state index contributed by atoms with van der Waals surface area (Å²) in [7, 11) is 0. The Hall–Kier alpha value is -4.42. The van der Waals surface area contributed by atoms with Gasteiger partial charge >= 0.3 is 0 Å². The van der Waals surface area contributed by atoms with Crippen molar-refractivity contribution in [3.63, 3.8) is 0 Å². The van der Waals surface area contributed by atoms with Gasteiger partial charge in [0.2, 0.25) is 0 Å². The summed E-state index contributed by atoms with van der Waals surface area (Å²) in [6, 6.07) is 45.0. The summed E-state index contributed by atoms with van der Waals surface area (Å²) in [5, 5.41) is 18.3. The standard InChI is InChI=1S/C34H20/c1-3-7-23-19-33-25(17-21(23)5-1)9-11-27-29-14-16-32-28(30(29)13-15-31(27)33)12-10-26-18-22-6-2-4-8-24(22)20-34(26)32/h1-20H. The maximum Gasteiger partial charge on any atom is -0.00987 e. The molecule has 0 amide bonds. The first-order valence-corrected chi connectivity index (χ1v) is 11.9. The molecule has 0 saturated heterocycles. The summed E-state index contributed by atoms with van der Waals surface area (Å²) in [6.45, 7) is 0. The summed E-state index contributed by atoms with van der Waals surface area (Å²) >= 11 is 0. The van der Waals surface area contributed by atoms with E-state index in [9.17, 15) is 0 Å². The van der Waals surface area contributed by atoms with E-state index in [-0.39, 0.29) is 0 Å². The minimum atomic E-state index is 1.29. The quantitative estimate of drug-likeness (QED) is 0.166. The van der Waals surface area contributed by atoms with E-state index in [1.165, 1.54) is 75.4 Å². The number of hydrogen-bond donors (Lipinski definition) is 0. The van der Waals surface area contributed by atoms with Crippen molar-refractivity contribution in [2.45, 2.75) is 0 Å². The van der Waals surface area contributed by atoms with E-state index in [4.69, 9.17) is 0 Å². The molecule has 0 aliphatic rings. The van der Waals surface area contributed by atoms with E-state index in [2.05, 4.69) is 121 Å². The normalized spacial score (nSPS) is 12.1. The van der Waals surface area contributed by atoms with E-state index in [0.717, 1.165) is 0 Å². The van der Waals surface area contributed by atoms with Gasteiger partial charge < -0.3 is 0 Å². The molecule has 0 aromatic heterocycles. The number of hydrogen-bond acceptors (Lipinski definition) is 0. The molecule has 0 unspecified atom stereocenters. The highest BCUT2D eigenvalue weighted by molar-refractivity contribution is 6.26. The van der Waals surface area contributed by atoms with Crippen molar-refractivity contribution in [1.82, 2.24) is 0 Å². The zero-order valence-corrected chi connectivity index (χ0v) is 18.5. The molecule has 0 N–H and O–H groups in total. The third kappa shape index (κ3) is 2.43. The lowest BCUT2D eigenvalue weighted by molar-refractivity contribution is 1.78. The van der Waals surface area contributed by atoms with E-state index in [0.29, 0.717) is 0 Å². The Morgan fingerprint density at radius 1 is 0.206 bits per heavy atom. The van der Waals surface area contributed by atoms with Gasteiger partial charge in [-0.15, -0.1) is 0 Å². The van der Waals surface area contributed by atoms with Crippen molar-refractivity contribution in [1.29, 1.82) is 0 Å². The highest BCUT2D eigenvalue weighted by atomic mass is 14.1. The molecule has 0 heteroatoms. The van der Waals surface area contributed by atoms with Crippen LogP contribution in [0.1, 0.15) is 0 Å². The van der Waals surface area contributed by atoms with E-state index in [1.807, 2.05) is 0 Å². The summed E-state index contributed by atoms with van der Waals surface area (Å²) < 4.78 is 0. The Kier molecular flexibility index (Phi) is 3.48. The van der Waals surface area contributed by atoms with Crippen LogP contribution in [-0.4, -0.2) is 0 Å². The minimum absolute atomic E-state index is 1.29. The highest BCUT2D eigenvalue weighted by Gasteiger charge is 2.10. The molecular weight excluding hydrogens is 408 g/mol. The van der Waals surface area contributed by atoms with Crippen molar-refractivity contribution in [3.8, 4) is 0 Å². The van der Waals surface area contributed by atoms with Crippen LogP contribution in [0.25, 0.3) is 75.4 Å². The average Bonchev–Trinajstić information content (AvgIpc) is 2.90. The third-order valence-electron chi connectivity index (χ3n) is 7.56. The Balaban J connectivity index is 1.47. The van der Waals surface area contributed by atoms with Crippen LogP contribution in [0.4, 0.5) is 0 Å². The lowest BCUT2D eigenvalue weighted by Gasteiger charge is -2.12. The topological polar surface area (TPSA) is 0 Å². The van der Waals surface area contributed by atoms with Crippen LogP contribution < -0.4 is 0 Å². The van der Waals surface area contributed by atoms with E-state index < -0.39 is 0 Å². The smallest absolute Gasteiger partial charge is 0.00987 e. The number of benzene rings is 8. The predicted molar refractivity (Wildman–Crippen MR) is 149 cm³/mol. The molecule has 8 rings (SSSR count). The maximum absolute atomic E-state index is 2.35. The molecule has 0 bridgehead atoms. The Morgan fingerprint density at radius 2 is 0.500 bits per heavy atom. The molecule has 0 fully saturated rings. The lowest BCUT2D eigenvalue weighted by Crippen LogP contribution is -1.85. The molecule has 0 atom stereocenters. The molecular formula is C34H20. The van der Waals surface area contributed by atoms with Crippen LogP contribution in [-0.2, 0) is 0 Å². The summed E-state index contributed by atoms with van der Waals surface area (Å²) in [4.78, 5) is 0. The minimum Gasteiger partial charge on any atom is -0.0616 e. The molecule has 0 aliphatic carbocycles. The van der Waals surface area contributed by atoms with Crippen LogP contribution in [0.3, 0.4) is 0 Å². The van der Waals surface area contributed by atoms with E-state index >= 15 is 0 Å². The lowest BCUT2D eigenvalue weighted by atomic mass is 9.91. The SMILES string of the molecule is c1ccc2cc3c(ccc4c3ccc3c5ccc6cc7ccccc7cc6c5ccc43)cc2c1. The van der Waals surface area contributed by atoms with Gasteiger partial charge in [-0.3, -0.25) is 0 Å². The van der Waals surface area contributed by atoms with Gasteiger partial charge in [0.05, 0.1) is 0 Å². The molecule has 34 heavy (non-hydrogen) atoms. The number of fused-ring (bicyclic) bond motifs is 11. The zero-order valence-electron chi connectivity index (χ0n) is 18.5. The van der Waals surface area contributed by atoms with Crippen molar-refractivity contribution < 1.29 is 0 Å². The average molecular weight is 429 g/mol. The Bertz CT molecular complexity index is 1960. The first kappa shape index (κ1) is 18.1. The van der Waals surface area contributed by atoms with Gasteiger partial charge in [-0.25, -0.2) is 0 Å². The fourth-order valence-electron chi connectivity index (χ4n) is 5.89. The third-order valence-corrected chi connectivity index (χ3v) is 7.56. The fraction of sp³-hybridized carbons (Fsp3) is 0. The van der Waals surface area contributed by atoms with E-state index in [1.54, 1.807) is 0 Å². The molecule has 0 aliphatic heterocycles. The second kappa shape index (κ2) is 6.56. The van der Waals surface area contributed by atoms with Crippen LogP contribution in [0.5, 0.6) is 0 Å². The van der Waals surface area contributed by atoms with Crippen molar-refractivity contribution in [3.05, 3.63) is 121 Å².